The summed E-state index contributed by atoms with van der Waals surface area (Å²) in [6, 6.07) is 12.3. The van der Waals surface area contributed by atoms with E-state index in [2.05, 4.69) is 24.7 Å². The lowest BCUT2D eigenvalue weighted by molar-refractivity contribution is 0.595. The first-order valence-corrected chi connectivity index (χ1v) is 20.4. The Bertz CT molecular complexity index is 3710. The van der Waals surface area contributed by atoms with E-state index < -0.39 is 75.9 Å². The monoisotopic (exact) mass is 850 g/mol. The fourth-order valence-corrected chi connectivity index (χ4v) is 7.64. The van der Waals surface area contributed by atoms with Gasteiger partial charge in [-0.1, -0.05) is 68.3 Å². The van der Waals surface area contributed by atoms with Crippen molar-refractivity contribution in [2.75, 3.05) is 28.7 Å². The summed E-state index contributed by atoms with van der Waals surface area (Å²) >= 11 is 0. The molecule has 304 valence electrons. The van der Waals surface area contributed by atoms with Gasteiger partial charge in [0, 0.05) is 44.3 Å². The van der Waals surface area contributed by atoms with Gasteiger partial charge in [0.1, 0.15) is 0 Å². The predicted octanol–water partition coefficient (Wildman–Crippen LogP) is 0.630. The largest absolute Gasteiger partial charge is 0.397 e. The first-order valence-electron chi connectivity index (χ1n) is 17.1. The molecule has 20 heteroatoms. The van der Waals surface area contributed by atoms with Crippen molar-refractivity contribution in [2.45, 2.75) is 6.54 Å². The number of hydrogen-bond acceptors (Lipinski definition) is 16. The second-order valence-corrected chi connectivity index (χ2v) is 17.0. The van der Waals surface area contributed by atoms with Crippen molar-refractivity contribution < 1.29 is 16.8 Å². The number of aromatic nitrogens is 2. The minimum absolute atomic E-state index is 0.116. The Morgan fingerprint density at radius 3 is 1.05 bits per heavy atom. The number of aromatic amines is 1. The van der Waals surface area contributed by atoms with Gasteiger partial charge in [-0.3, -0.25) is 47.9 Å². The molecule has 6 aromatic carbocycles. The maximum absolute atomic E-state index is 13.0. The molecule has 0 amide bonds. The summed E-state index contributed by atoms with van der Waals surface area (Å²) in [5.74, 6) is -0.537. The lowest BCUT2D eigenvalue weighted by Crippen LogP contribution is -2.28. The van der Waals surface area contributed by atoms with Crippen LogP contribution in [-0.2, 0) is 26.2 Å². The lowest BCUT2D eigenvalue weighted by atomic mass is 9.97. The maximum Gasteiger partial charge on any atom is 0.263 e. The fourth-order valence-electron chi connectivity index (χ4n) is 6.90. The minimum atomic E-state index is -3.68. The molecular weight excluding hydrogens is 821 g/mol. The van der Waals surface area contributed by atoms with Crippen LogP contribution in [0.25, 0.3) is 64.6 Å². The molecular formula is C40H30N6O12S2. The van der Waals surface area contributed by atoms with Crippen LogP contribution in [0.1, 0.15) is 0 Å². The molecule has 8 rings (SSSR count). The Kier molecular flexibility index (Phi) is 10.3. The Balaban J connectivity index is 0.000000178. The fraction of sp³-hybridized carbons (Fsp3) is 0.0500. The van der Waals surface area contributed by atoms with Gasteiger partial charge in [0.05, 0.1) is 71.6 Å². The Morgan fingerprint density at radius 1 is 0.483 bits per heavy atom. The van der Waals surface area contributed by atoms with E-state index in [0.29, 0.717) is 4.57 Å². The SMILES string of the molecule is C=CS(=O)(=O)C=C.C=CS(=O)(=O)CCn1c(=O)c2c(N)c3c(=O)c4ccccc4c(=O)c3c(N)c2c1=O.Nc1c2c(=O)[nH]c(=O)c2c(N)c2c(=O)c3ccccc3c(=O)c12. The number of nitrogen functional groups attached to an aromatic ring is 4. The number of anilines is 4. The van der Waals surface area contributed by atoms with Crippen LogP contribution in [-0.4, -0.2) is 32.1 Å². The number of nitrogens with zero attached hydrogens (tertiary/aromatic N) is 1. The van der Waals surface area contributed by atoms with Gasteiger partial charge in [-0.15, -0.1) is 0 Å². The van der Waals surface area contributed by atoms with Crippen LogP contribution in [0.15, 0.2) is 123 Å². The topological polar surface area (TPSA) is 330 Å². The molecule has 2 aromatic heterocycles. The zero-order valence-corrected chi connectivity index (χ0v) is 32.5. The molecule has 0 aliphatic carbocycles. The molecule has 0 unspecified atom stereocenters. The number of rotatable bonds is 6. The quantitative estimate of drug-likeness (QED) is 0.0870. The third kappa shape index (κ3) is 6.44. The molecule has 0 atom stereocenters. The normalized spacial score (nSPS) is 11.7. The predicted molar refractivity (Wildman–Crippen MR) is 236 cm³/mol. The van der Waals surface area contributed by atoms with E-state index in [1.807, 2.05) is 0 Å². The number of benzene rings is 6. The molecule has 9 N–H and O–H groups in total. The zero-order chi connectivity index (χ0) is 44.3. The highest BCUT2D eigenvalue weighted by atomic mass is 32.2. The van der Waals surface area contributed by atoms with Crippen LogP contribution in [0.3, 0.4) is 0 Å². The molecule has 0 bridgehead atoms. The maximum atomic E-state index is 13.0. The summed E-state index contributed by atoms with van der Waals surface area (Å²) in [6.45, 7) is 8.82. The van der Waals surface area contributed by atoms with Crippen molar-refractivity contribution in [1.82, 2.24) is 9.55 Å². The van der Waals surface area contributed by atoms with E-state index in [0.717, 1.165) is 16.2 Å². The summed E-state index contributed by atoms with van der Waals surface area (Å²) in [4.78, 5) is 103. The van der Waals surface area contributed by atoms with Crippen LogP contribution in [0.2, 0.25) is 0 Å². The Hall–Kier alpha value is -7.84. The van der Waals surface area contributed by atoms with Gasteiger partial charge in [0.25, 0.3) is 22.2 Å². The first kappa shape index (κ1) is 41.8. The highest BCUT2D eigenvalue weighted by Gasteiger charge is 2.26. The van der Waals surface area contributed by atoms with Gasteiger partial charge in [-0.05, 0) is 0 Å². The second-order valence-electron chi connectivity index (χ2n) is 13.1. The third-order valence-corrected chi connectivity index (χ3v) is 12.0. The van der Waals surface area contributed by atoms with E-state index in [9.17, 15) is 55.2 Å². The number of sulfone groups is 2. The number of nitrogens with one attached hydrogen (secondary N) is 1. The van der Waals surface area contributed by atoms with Gasteiger partial charge >= 0.3 is 0 Å². The van der Waals surface area contributed by atoms with E-state index in [4.69, 9.17) is 22.9 Å². The Morgan fingerprint density at radius 2 is 0.783 bits per heavy atom. The summed E-state index contributed by atoms with van der Waals surface area (Å²) < 4.78 is 44.3. The van der Waals surface area contributed by atoms with E-state index in [1.165, 1.54) is 24.3 Å². The highest BCUT2D eigenvalue weighted by Crippen LogP contribution is 2.32. The minimum Gasteiger partial charge on any atom is -0.397 e. The van der Waals surface area contributed by atoms with Gasteiger partial charge < -0.3 is 22.9 Å². The van der Waals surface area contributed by atoms with Gasteiger partial charge in [0.2, 0.25) is 0 Å². The van der Waals surface area contributed by atoms with Crippen LogP contribution in [0.4, 0.5) is 22.7 Å². The molecule has 0 radical (unpaired) electrons. The standard InChI is InChI=1S/C20H15N3O6S.C16H9N3O4.C4H6O2S/c1-2-30(28,29)8-7-23-19(26)13-14(20(23)27)16(22)12-11(15(13)21)17(24)9-5-3-4-6-10(9)18(12)25;17-11-7-8(12(18)10-9(11)15(22)19-16(10)23)14(21)6-4-2-1-3-5(6)13(7)20;1-3-7(5,6)4-2/h2-6H,1,7-8,21-22H2;1-4H,17-18H2,(H,19,22,23);3-4H,1-2H2. The van der Waals surface area contributed by atoms with Crippen molar-refractivity contribution in [2.24, 2.45) is 0 Å². The summed E-state index contributed by atoms with van der Waals surface area (Å²) in [6.07, 6.45) is 0. The van der Waals surface area contributed by atoms with Gasteiger partial charge in [-0.2, -0.15) is 0 Å². The summed E-state index contributed by atoms with van der Waals surface area (Å²) in [5.41, 5.74) is 17.7. The molecule has 0 saturated carbocycles. The van der Waals surface area contributed by atoms with E-state index >= 15 is 0 Å². The van der Waals surface area contributed by atoms with Gasteiger partial charge in [-0.25, -0.2) is 16.8 Å². The number of nitrogens with two attached hydrogens (primary N) is 4. The van der Waals surface area contributed by atoms with Crippen molar-refractivity contribution in [3.8, 4) is 0 Å². The van der Waals surface area contributed by atoms with E-state index in [1.54, 1.807) is 24.3 Å². The van der Waals surface area contributed by atoms with Crippen LogP contribution in [0.5, 0.6) is 0 Å². The lowest BCUT2D eigenvalue weighted by Gasteiger charge is -2.07. The molecule has 0 fully saturated rings. The average molecular weight is 851 g/mol. The second kappa shape index (κ2) is 14.8. The molecule has 2 heterocycles. The average Bonchev–Trinajstić information content (AvgIpc) is 3.68. The van der Waals surface area contributed by atoms with Crippen LogP contribution < -0.4 is 66.9 Å². The number of H-pyrrole nitrogens is 1. The molecule has 0 spiro atoms. The smallest absolute Gasteiger partial charge is 0.263 e. The molecule has 18 nitrogen and oxygen atoms in total. The first-order chi connectivity index (χ1) is 28.2. The molecule has 60 heavy (non-hydrogen) atoms. The molecule has 0 aliphatic rings. The number of hydrogen-bond donors (Lipinski definition) is 5. The molecule has 0 saturated heterocycles. The zero-order valence-electron chi connectivity index (χ0n) is 30.9. The number of fused-ring (bicyclic) bond motifs is 6. The van der Waals surface area contributed by atoms with Crippen molar-refractivity contribution in [3.05, 3.63) is 167 Å². The highest BCUT2D eigenvalue weighted by molar-refractivity contribution is 7.97. The van der Waals surface area contributed by atoms with Crippen molar-refractivity contribution in [3.63, 3.8) is 0 Å². The van der Waals surface area contributed by atoms with E-state index in [-0.39, 0.29) is 87.4 Å². The molecule has 0 aliphatic heterocycles. The third-order valence-electron chi connectivity index (χ3n) is 9.81. The summed E-state index contributed by atoms with van der Waals surface area (Å²) in [5, 5.41) is 1.47. The summed E-state index contributed by atoms with van der Waals surface area (Å²) in [7, 11) is -6.81. The van der Waals surface area contributed by atoms with Crippen LogP contribution >= 0.6 is 0 Å². The van der Waals surface area contributed by atoms with Gasteiger partial charge in [0.15, 0.2) is 41.4 Å². The van der Waals surface area contributed by atoms with Crippen molar-refractivity contribution >= 4 is 107 Å². The molecule has 8 aromatic rings. The Labute approximate surface area is 334 Å². The van der Waals surface area contributed by atoms with Crippen LogP contribution in [0, 0.1) is 0 Å². The van der Waals surface area contributed by atoms with Crippen molar-refractivity contribution in [1.29, 1.82) is 0 Å².